The summed E-state index contributed by atoms with van der Waals surface area (Å²) >= 11 is 0. The number of carboxylic acids is 1. The molecule has 0 aliphatic rings. The van der Waals surface area contributed by atoms with E-state index in [-0.39, 0.29) is 5.91 Å². The van der Waals surface area contributed by atoms with Crippen LogP contribution in [0.25, 0.3) is 0 Å². The van der Waals surface area contributed by atoms with E-state index in [1.165, 1.54) is 0 Å². The van der Waals surface area contributed by atoms with Crippen LogP contribution in [0, 0.1) is 0 Å². The highest BCUT2D eigenvalue weighted by Crippen LogP contribution is 2.13. The van der Waals surface area contributed by atoms with E-state index < -0.39 is 12.0 Å². The van der Waals surface area contributed by atoms with Gasteiger partial charge in [-0.2, -0.15) is 0 Å². The number of hydrogen-bond acceptors (Lipinski definition) is 3. The Balaban J connectivity index is 2.84. The Labute approximate surface area is 106 Å². The number of hydrogen-bond donors (Lipinski definition) is 2. The highest BCUT2D eigenvalue weighted by Gasteiger charge is 2.18. The van der Waals surface area contributed by atoms with Crippen molar-refractivity contribution < 1.29 is 14.7 Å². The summed E-state index contributed by atoms with van der Waals surface area (Å²) in [6, 6.07) is 6.19. The molecule has 5 nitrogen and oxygen atoms in total. The van der Waals surface area contributed by atoms with Gasteiger partial charge in [0.1, 0.15) is 6.04 Å². The van der Waals surface area contributed by atoms with Crippen LogP contribution in [-0.2, 0) is 4.79 Å². The van der Waals surface area contributed by atoms with Crippen LogP contribution in [0.2, 0.25) is 0 Å². The standard InChI is InChI=1S/C13H18N2O3/c1-4-11(13(17)18)14-12(16)9-6-5-7-10(8-9)15(2)3/h5-8,11H,4H2,1-3H3,(H,14,16)(H,17,18)/t11-/m0/s1. The van der Waals surface area contributed by atoms with Crippen molar-refractivity contribution in [3.63, 3.8) is 0 Å². The molecule has 0 aromatic heterocycles. The quantitative estimate of drug-likeness (QED) is 0.827. The van der Waals surface area contributed by atoms with Crippen LogP contribution in [0.5, 0.6) is 0 Å². The van der Waals surface area contributed by atoms with E-state index in [9.17, 15) is 9.59 Å². The predicted octanol–water partition coefficient (Wildman–Crippen LogP) is 1.35. The van der Waals surface area contributed by atoms with Gasteiger partial charge in [-0.3, -0.25) is 4.79 Å². The van der Waals surface area contributed by atoms with E-state index >= 15 is 0 Å². The third-order valence-electron chi connectivity index (χ3n) is 2.64. The first-order valence-electron chi connectivity index (χ1n) is 5.76. The molecule has 1 aromatic rings. The average molecular weight is 250 g/mol. The molecule has 1 rings (SSSR count). The van der Waals surface area contributed by atoms with Crippen LogP contribution >= 0.6 is 0 Å². The van der Waals surface area contributed by atoms with Gasteiger partial charge >= 0.3 is 5.97 Å². The number of carbonyl (C=O) groups excluding carboxylic acids is 1. The Kier molecular flexibility index (Phi) is 4.71. The molecular formula is C13H18N2O3. The maximum atomic E-state index is 11.9. The summed E-state index contributed by atoms with van der Waals surface area (Å²) < 4.78 is 0. The molecule has 0 saturated carbocycles. The van der Waals surface area contributed by atoms with Gasteiger partial charge in [0, 0.05) is 25.3 Å². The number of nitrogens with zero attached hydrogens (tertiary/aromatic N) is 1. The van der Waals surface area contributed by atoms with Gasteiger partial charge in [-0.1, -0.05) is 13.0 Å². The fraction of sp³-hybridized carbons (Fsp3) is 0.385. The number of nitrogens with one attached hydrogen (secondary N) is 1. The number of anilines is 1. The molecule has 2 N–H and O–H groups in total. The summed E-state index contributed by atoms with van der Waals surface area (Å²) in [5.74, 6) is -1.39. The van der Waals surface area contributed by atoms with Gasteiger partial charge in [-0.25, -0.2) is 4.79 Å². The molecule has 1 aromatic carbocycles. The number of carboxylic acid groups (broad SMARTS) is 1. The fourth-order valence-corrected chi connectivity index (χ4v) is 1.51. The largest absolute Gasteiger partial charge is 0.480 e. The zero-order chi connectivity index (χ0) is 13.7. The topological polar surface area (TPSA) is 69.6 Å². The lowest BCUT2D eigenvalue weighted by Gasteiger charge is -2.15. The Morgan fingerprint density at radius 3 is 2.56 bits per heavy atom. The van der Waals surface area contributed by atoms with Gasteiger partial charge < -0.3 is 15.3 Å². The number of rotatable bonds is 5. The van der Waals surface area contributed by atoms with Crippen molar-refractivity contribution in [1.82, 2.24) is 5.32 Å². The monoisotopic (exact) mass is 250 g/mol. The zero-order valence-corrected chi connectivity index (χ0v) is 10.8. The van der Waals surface area contributed by atoms with E-state index in [1.54, 1.807) is 25.1 Å². The zero-order valence-electron chi connectivity index (χ0n) is 10.8. The predicted molar refractivity (Wildman–Crippen MR) is 70.0 cm³/mol. The minimum Gasteiger partial charge on any atom is -0.480 e. The maximum Gasteiger partial charge on any atom is 0.326 e. The second kappa shape index (κ2) is 6.05. The average Bonchev–Trinajstić information content (AvgIpc) is 2.35. The van der Waals surface area contributed by atoms with E-state index in [0.29, 0.717) is 12.0 Å². The summed E-state index contributed by atoms with van der Waals surface area (Å²) in [5.41, 5.74) is 1.35. The van der Waals surface area contributed by atoms with Crippen molar-refractivity contribution in [2.24, 2.45) is 0 Å². The fourth-order valence-electron chi connectivity index (χ4n) is 1.51. The highest BCUT2D eigenvalue weighted by atomic mass is 16.4. The molecule has 0 heterocycles. The summed E-state index contributed by atoms with van der Waals surface area (Å²) in [6.45, 7) is 1.72. The highest BCUT2D eigenvalue weighted by molar-refractivity contribution is 5.97. The van der Waals surface area contributed by atoms with Gasteiger partial charge in [0.15, 0.2) is 0 Å². The molecule has 0 radical (unpaired) electrons. The van der Waals surface area contributed by atoms with Crippen molar-refractivity contribution in [3.8, 4) is 0 Å². The van der Waals surface area contributed by atoms with Crippen LogP contribution in [0.15, 0.2) is 24.3 Å². The normalized spacial score (nSPS) is 11.7. The number of aliphatic carboxylic acids is 1. The smallest absolute Gasteiger partial charge is 0.326 e. The van der Waals surface area contributed by atoms with Gasteiger partial charge in [0.2, 0.25) is 0 Å². The molecule has 0 aliphatic heterocycles. The van der Waals surface area contributed by atoms with Crippen molar-refractivity contribution in [2.45, 2.75) is 19.4 Å². The first kappa shape index (κ1) is 14.0. The molecule has 0 fully saturated rings. The van der Waals surface area contributed by atoms with E-state index in [1.807, 2.05) is 25.1 Å². The van der Waals surface area contributed by atoms with Crippen molar-refractivity contribution in [1.29, 1.82) is 0 Å². The van der Waals surface area contributed by atoms with Crippen molar-refractivity contribution >= 4 is 17.6 Å². The van der Waals surface area contributed by atoms with Crippen LogP contribution < -0.4 is 10.2 Å². The molecule has 1 amide bonds. The summed E-state index contributed by atoms with van der Waals surface area (Å²) in [5, 5.41) is 11.4. The number of benzene rings is 1. The Morgan fingerprint density at radius 2 is 2.06 bits per heavy atom. The molecular weight excluding hydrogens is 232 g/mol. The Bertz CT molecular complexity index is 444. The van der Waals surface area contributed by atoms with E-state index in [0.717, 1.165) is 5.69 Å². The Hall–Kier alpha value is -2.04. The summed E-state index contributed by atoms with van der Waals surface area (Å²) in [7, 11) is 3.76. The van der Waals surface area contributed by atoms with Crippen LogP contribution in [0.1, 0.15) is 23.7 Å². The van der Waals surface area contributed by atoms with Crippen LogP contribution in [0.3, 0.4) is 0 Å². The molecule has 0 saturated heterocycles. The first-order chi connectivity index (χ1) is 8.45. The molecule has 98 valence electrons. The van der Waals surface area contributed by atoms with Gasteiger partial charge in [0.05, 0.1) is 0 Å². The molecule has 1 atom stereocenters. The molecule has 18 heavy (non-hydrogen) atoms. The third kappa shape index (κ3) is 3.48. The Morgan fingerprint density at radius 1 is 1.39 bits per heavy atom. The minimum absolute atomic E-state index is 0.356. The second-order valence-electron chi connectivity index (χ2n) is 4.22. The summed E-state index contributed by atoms with van der Waals surface area (Å²) in [4.78, 5) is 24.6. The summed E-state index contributed by atoms with van der Waals surface area (Å²) in [6.07, 6.45) is 0.356. The first-order valence-corrected chi connectivity index (χ1v) is 5.76. The van der Waals surface area contributed by atoms with Gasteiger partial charge in [-0.15, -0.1) is 0 Å². The minimum atomic E-state index is -1.02. The van der Waals surface area contributed by atoms with Gasteiger partial charge in [0.25, 0.3) is 5.91 Å². The number of carbonyl (C=O) groups is 2. The molecule has 5 heteroatoms. The third-order valence-corrected chi connectivity index (χ3v) is 2.64. The lowest BCUT2D eigenvalue weighted by Crippen LogP contribution is -2.40. The van der Waals surface area contributed by atoms with Crippen LogP contribution in [-0.4, -0.2) is 37.1 Å². The molecule has 0 spiro atoms. The van der Waals surface area contributed by atoms with E-state index in [4.69, 9.17) is 5.11 Å². The lowest BCUT2D eigenvalue weighted by molar-refractivity contribution is -0.139. The van der Waals surface area contributed by atoms with E-state index in [2.05, 4.69) is 5.32 Å². The van der Waals surface area contributed by atoms with Crippen molar-refractivity contribution in [2.75, 3.05) is 19.0 Å². The number of amides is 1. The van der Waals surface area contributed by atoms with Gasteiger partial charge in [-0.05, 0) is 24.6 Å². The maximum absolute atomic E-state index is 11.9. The SMILES string of the molecule is CC[C@H](NC(=O)c1cccc(N(C)C)c1)C(=O)O. The second-order valence-corrected chi connectivity index (χ2v) is 4.22. The lowest BCUT2D eigenvalue weighted by atomic mass is 10.1. The van der Waals surface area contributed by atoms with Crippen LogP contribution in [0.4, 0.5) is 5.69 Å². The van der Waals surface area contributed by atoms with Crippen molar-refractivity contribution in [3.05, 3.63) is 29.8 Å². The molecule has 0 unspecified atom stereocenters. The molecule has 0 aliphatic carbocycles. The molecule has 0 bridgehead atoms.